The highest BCUT2D eigenvalue weighted by Gasteiger charge is 2.33. The van der Waals surface area contributed by atoms with Crippen molar-refractivity contribution >= 4 is 5.82 Å². The van der Waals surface area contributed by atoms with Crippen LogP contribution in [0.15, 0.2) is 48.9 Å². The van der Waals surface area contributed by atoms with Gasteiger partial charge in [-0.1, -0.05) is 18.2 Å². The summed E-state index contributed by atoms with van der Waals surface area (Å²) in [5, 5.41) is 0. The van der Waals surface area contributed by atoms with Crippen molar-refractivity contribution in [3.8, 4) is 5.75 Å². The van der Waals surface area contributed by atoms with Crippen LogP contribution in [0.25, 0.3) is 0 Å². The molecular weight excluding hydrogens is 300 g/mol. The molecule has 5 heteroatoms. The van der Waals surface area contributed by atoms with Gasteiger partial charge < -0.3 is 9.64 Å². The Hall–Kier alpha value is -2.14. The predicted octanol–water partition coefficient (Wildman–Crippen LogP) is 2.46. The van der Waals surface area contributed by atoms with E-state index in [0.29, 0.717) is 12.0 Å². The van der Waals surface area contributed by atoms with E-state index >= 15 is 0 Å². The van der Waals surface area contributed by atoms with Crippen LogP contribution in [-0.2, 0) is 0 Å². The van der Waals surface area contributed by atoms with Gasteiger partial charge in [-0.15, -0.1) is 0 Å². The Balaban J connectivity index is 1.30. The van der Waals surface area contributed by atoms with E-state index in [1.54, 1.807) is 12.4 Å². The Kier molecular flexibility index (Phi) is 4.60. The number of hydrogen-bond acceptors (Lipinski definition) is 5. The van der Waals surface area contributed by atoms with Crippen LogP contribution >= 0.6 is 0 Å². The van der Waals surface area contributed by atoms with E-state index in [-0.39, 0.29) is 0 Å². The maximum Gasteiger partial charge on any atom is 0.147 e. The van der Waals surface area contributed by atoms with Gasteiger partial charge in [0.05, 0.1) is 12.8 Å². The maximum absolute atomic E-state index is 5.96. The quantitative estimate of drug-likeness (QED) is 0.864. The minimum Gasteiger partial charge on any atom is -0.493 e. The van der Waals surface area contributed by atoms with Crippen LogP contribution in [-0.4, -0.2) is 53.7 Å². The zero-order valence-corrected chi connectivity index (χ0v) is 13.9. The Bertz CT molecular complexity index is 636. The average molecular weight is 324 g/mol. The molecule has 0 saturated carbocycles. The summed E-state index contributed by atoms with van der Waals surface area (Å²) in [5.74, 6) is 2.61. The number of aromatic nitrogens is 2. The summed E-state index contributed by atoms with van der Waals surface area (Å²) >= 11 is 0. The van der Waals surface area contributed by atoms with Gasteiger partial charge >= 0.3 is 0 Å². The third kappa shape index (κ3) is 3.51. The van der Waals surface area contributed by atoms with Gasteiger partial charge in [-0.3, -0.25) is 9.88 Å². The molecule has 0 aliphatic carbocycles. The number of fused-ring (bicyclic) bond motifs is 1. The SMILES string of the molecule is c1ccc(OCC2CCC3CN(c4cnccn4)CCN3C2)cc1. The monoisotopic (exact) mass is 324 g/mol. The van der Waals surface area contributed by atoms with E-state index in [1.807, 2.05) is 36.5 Å². The molecule has 0 amide bonds. The lowest BCUT2D eigenvalue weighted by molar-refractivity contribution is 0.0727. The maximum atomic E-state index is 5.96. The molecule has 1 aromatic heterocycles. The number of ether oxygens (including phenoxy) is 1. The van der Waals surface area contributed by atoms with Gasteiger partial charge in [-0.2, -0.15) is 0 Å². The van der Waals surface area contributed by atoms with Crippen molar-refractivity contribution < 1.29 is 4.74 Å². The molecular formula is C19H24N4O. The lowest BCUT2D eigenvalue weighted by Crippen LogP contribution is -2.57. The van der Waals surface area contributed by atoms with Gasteiger partial charge in [-0.05, 0) is 25.0 Å². The fraction of sp³-hybridized carbons (Fsp3) is 0.474. The molecule has 2 aliphatic rings. The first kappa shape index (κ1) is 15.4. The molecule has 2 saturated heterocycles. The number of piperazine rings is 1. The topological polar surface area (TPSA) is 41.5 Å². The number of para-hydroxylation sites is 1. The van der Waals surface area contributed by atoms with Crippen LogP contribution in [0.4, 0.5) is 5.82 Å². The molecule has 0 bridgehead atoms. The van der Waals surface area contributed by atoms with Gasteiger partial charge in [0.15, 0.2) is 0 Å². The zero-order valence-electron chi connectivity index (χ0n) is 13.9. The Morgan fingerprint density at radius 1 is 1.04 bits per heavy atom. The molecule has 4 rings (SSSR count). The molecule has 2 unspecified atom stereocenters. The third-order valence-corrected chi connectivity index (χ3v) is 5.11. The lowest BCUT2D eigenvalue weighted by Gasteiger charge is -2.46. The summed E-state index contributed by atoms with van der Waals surface area (Å²) < 4.78 is 5.96. The molecule has 0 spiro atoms. The molecule has 126 valence electrons. The number of benzene rings is 1. The fourth-order valence-corrected chi connectivity index (χ4v) is 3.79. The van der Waals surface area contributed by atoms with Crippen molar-refractivity contribution in [2.75, 3.05) is 37.7 Å². The van der Waals surface area contributed by atoms with Crippen molar-refractivity contribution in [2.45, 2.75) is 18.9 Å². The predicted molar refractivity (Wildman–Crippen MR) is 94.3 cm³/mol. The number of piperidine rings is 1. The van der Waals surface area contributed by atoms with E-state index in [2.05, 4.69) is 19.8 Å². The lowest BCUT2D eigenvalue weighted by atomic mass is 9.91. The van der Waals surface area contributed by atoms with Crippen molar-refractivity contribution in [2.24, 2.45) is 5.92 Å². The number of anilines is 1. The van der Waals surface area contributed by atoms with Crippen molar-refractivity contribution in [1.82, 2.24) is 14.9 Å². The molecule has 1 aromatic carbocycles. The molecule has 3 heterocycles. The fourth-order valence-electron chi connectivity index (χ4n) is 3.79. The third-order valence-electron chi connectivity index (χ3n) is 5.11. The number of rotatable bonds is 4. The molecule has 0 N–H and O–H groups in total. The second-order valence-electron chi connectivity index (χ2n) is 6.73. The standard InChI is InChI=1S/C19H24N4O/c1-2-4-18(5-3-1)24-15-16-6-7-17-14-23(11-10-22(17)13-16)19-12-20-8-9-21-19/h1-5,8-9,12,16-17H,6-7,10-11,13-15H2. The van der Waals surface area contributed by atoms with Crippen LogP contribution in [0.3, 0.4) is 0 Å². The van der Waals surface area contributed by atoms with E-state index in [9.17, 15) is 0 Å². The number of nitrogens with zero attached hydrogens (tertiary/aromatic N) is 4. The van der Waals surface area contributed by atoms with E-state index < -0.39 is 0 Å². The molecule has 24 heavy (non-hydrogen) atoms. The van der Waals surface area contributed by atoms with Crippen molar-refractivity contribution in [3.63, 3.8) is 0 Å². The molecule has 2 aromatic rings. The average Bonchev–Trinajstić information content (AvgIpc) is 2.67. The first-order valence-corrected chi connectivity index (χ1v) is 8.81. The normalized spacial score (nSPS) is 24.4. The second-order valence-corrected chi connectivity index (χ2v) is 6.73. The summed E-state index contributed by atoms with van der Waals surface area (Å²) in [7, 11) is 0. The van der Waals surface area contributed by atoms with Crippen LogP contribution in [0.2, 0.25) is 0 Å². The summed E-state index contributed by atoms with van der Waals surface area (Å²) in [6.45, 7) is 5.16. The van der Waals surface area contributed by atoms with Gasteiger partial charge in [-0.25, -0.2) is 4.98 Å². The van der Waals surface area contributed by atoms with Gasteiger partial charge in [0, 0.05) is 50.5 Å². The molecule has 2 atom stereocenters. The van der Waals surface area contributed by atoms with E-state index in [0.717, 1.165) is 44.4 Å². The Morgan fingerprint density at radius 2 is 1.96 bits per heavy atom. The second kappa shape index (κ2) is 7.18. The summed E-state index contributed by atoms with van der Waals surface area (Å²) in [6, 6.07) is 10.8. The highest BCUT2D eigenvalue weighted by Crippen LogP contribution is 2.27. The van der Waals surface area contributed by atoms with Crippen LogP contribution < -0.4 is 9.64 Å². The van der Waals surface area contributed by atoms with Gasteiger partial charge in [0.25, 0.3) is 0 Å². The number of hydrogen-bond donors (Lipinski definition) is 0. The molecule has 2 aliphatic heterocycles. The zero-order chi connectivity index (χ0) is 16.2. The van der Waals surface area contributed by atoms with Crippen molar-refractivity contribution in [3.05, 3.63) is 48.9 Å². The minimum absolute atomic E-state index is 0.629. The summed E-state index contributed by atoms with van der Waals surface area (Å²) in [6.07, 6.45) is 7.86. The van der Waals surface area contributed by atoms with E-state index in [4.69, 9.17) is 4.74 Å². The van der Waals surface area contributed by atoms with Gasteiger partial charge in [0.2, 0.25) is 0 Å². The molecule has 0 radical (unpaired) electrons. The first-order valence-electron chi connectivity index (χ1n) is 8.81. The minimum atomic E-state index is 0.629. The van der Waals surface area contributed by atoms with Crippen molar-refractivity contribution in [1.29, 1.82) is 0 Å². The Labute approximate surface area is 143 Å². The highest BCUT2D eigenvalue weighted by atomic mass is 16.5. The van der Waals surface area contributed by atoms with Gasteiger partial charge in [0.1, 0.15) is 11.6 Å². The first-order chi connectivity index (χ1) is 11.9. The Morgan fingerprint density at radius 3 is 2.79 bits per heavy atom. The molecule has 2 fully saturated rings. The summed E-state index contributed by atoms with van der Waals surface area (Å²) in [4.78, 5) is 13.6. The molecule has 5 nitrogen and oxygen atoms in total. The highest BCUT2D eigenvalue weighted by molar-refractivity contribution is 5.36. The summed E-state index contributed by atoms with van der Waals surface area (Å²) in [5.41, 5.74) is 0. The van der Waals surface area contributed by atoms with Crippen LogP contribution in [0, 0.1) is 5.92 Å². The smallest absolute Gasteiger partial charge is 0.147 e. The van der Waals surface area contributed by atoms with E-state index in [1.165, 1.54) is 12.8 Å². The largest absolute Gasteiger partial charge is 0.493 e. The van der Waals surface area contributed by atoms with Crippen LogP contribution in [0.1, 0.15) is 12.8 Å². The van der Waals surface area contributed by atoms with Crippen LogP contribution in [0.5, 0.6) is 5.75 Å².